The van der Waals surface area contributed by atoms with Crippen LogP contribution in [0.4, 0.5) is 5.69 Å². The monoisotopic (exact) mass is 337 g/mol. The number of hydrogen-bond acceptors (Lipinski definition) is 7. The highest BCUT2D eigenvalue weighted by Gasteiger charge is 2.18. The van der Waals surface area contributed by atoms with E-state index < -0.39 is 22.5 Å². The van der Waals surface area contributed by atoms with Gasteiger partial charge in [0.2, 0.25) is 0 Å². The van der Waals surface area contributed by atoms with Crippen LogP contribution in [0.25, 0.3) is 0 Å². The number of nitrogens with zero attached hydrogens (tertiary/aromatic N) is 1. The van der Waals surface area contributed by atoms with Gasteiger partial charge in [0.05, 0.1) is 24.1 Å². The topological polar surface area (TPSA) is 131 Å². The molecule has 0 saturated heterocycles. The van der Waals surface area contributed by atoms with Gasteiger partial charge in [-0.3, -0.25) is 19.7 Å². The molecule has 0 unspecified atom stereocenters. The predicted molar refractivity (Wildman–Crippen MR) is 80.5 cm³/mol. The number of rotatable bonds is 5. The number of amides is 1. The molecule has 1 aromatic heterocycles. The summed E-state index contributed by atoms with van der Waals surface area (Å²) in [4.78, 5) is 47.1. The summed E-state index contributed by atoms with van der Waals surface area (Å²) in [7, 11) is 1.13. The SMILES string of the molecule is COC(=O)c1cc(C(=O)NCc2csc(=O)[nH]2)cc([N+](=O)[O-])c1. The lowest BCUT2D eigenvalue weighted by atomic mass is 10.1. The Morgan fingerprint density at radius 3 is 2.61 bits per heavy atom. The molecule has 0 aliphatic carbocycles. The molecule has 0 fully saturated rings. The third kappa shape index (κ3) is 4.01. The molecule has 0 aliphatic rings. The Morgan fingerprint density at radius 1 is 1.35 bits per heavy atom. The van der Waals surface area contributed by atoms with Crippen molar-refractivity contribution < 1.29 is 19.2 Å². The molecule has 2 N–H and O–H groups in total. The fourth-order valence-electron chi connectivity index (χ4n) is 1.76. The molecule has 0 radical (unpaired) electrons. The summed E-state index contributed by atoms with van der Waals surface area (Å²) in [6.07, 6.45) is 0. The minimum atomic E-state index is -0.787. The van der Waals surface area contributed by atoms with Crippen LogP contribution in [0.15, 0.2) is 28.4 Å². The highest BCUT2D eigenvalue weighted by atomic mass is 32.1. The number of non-ortho nitro benzene ring substituents is 1. The van der Waals surface area contributed by atoms with Crippen LogP contribution < -0.4 is 10.2 Å². The number of ether oxygens (including phenoxy) is 1. The number of benzene rings is 1. The number of aromatic nitrogens is 1. The maximum atomic E-state index is 12.1. The van der Waals surface area contributed by atoms with Gasteiger partial charge in [-0.15, -0.1) is 0 Å². The molecule has 0 saturated carbocycles. The van der Waals surface area contributed by atoms with Gasteiger partial charge in [-0.2, -0.15) is 0 Å². The number of nitro benzene ring substituents is 1. The number of hydrogen-bond donors (Lipinski definition) is 2. The quantitative estimate of drug-likeness (QED) is 0.476. The summed E-state index contributed by atoms with van der Waals surface area (Å²) >= 11 is 0.955. The van der Waals surface area contributed by atoms with Gasteiger partial charge in [-0.05, 0) is 6.07 Å². The van der Waals surface area contributed by atoms with Crippen LogP contribution in [0.1, 0.15) is 26.4 Å². The molecule has 2 aromatic rings. The molecule has 120 valence electrons. The Morgan fingerprint density at radius 2 is 2.04 bits per heavy atom. The molecule has 9 nitrogen and oxygen atoms in total. The summed E-state index contributed by atoms with van der Waals surface area (Å²) in [5.41, 5.74) is -0.0538. The zero-order chi connectivity index (χ0) is 17.0. The number of thiazole rings is 1. The van der Waals surface area contributed by atoms with Crippen molar-refractivity contribution in [1.29, 1.82) is 0 Å². The number of esters is 1. The summed E-state index contributed by atoms with van der Waals surface area (Å²) in [5, 5.41) is 15.0. The second-order valence-corrected chi connectivity index (χ2v) is 5.22. The van der Waals surface area contributed by atoms with E-state index in [1.807, 2.05) is 0 Å². The van der Waals surface area contributed by atoms with Crippen molar-refractivity contribution in [1.82, 2.24) is 10.3 Å². The lowest BCUT2D eigenvalue weighted by molar-refractivity contribution is -0.384. The number of aromatic amines is 1. The molecule has 1 heterocycles. The van der Waals surface area contributed by atoms with Crippen molar-refractivity contribution >= 4 is 28.9 Å². The van der Waals surface area contributed by atoms with E-state index in [2.05, 4.69) is 15.0 Å². The molecule has 23 heavy (non-hydrogen) atoms. The Labute approximate surface area is 133 Å². The van der Waals surface area contributed by atoms with Gasteiger partial charge in [0.15, 0.2) is 0 Å². The van der Waals surface area contributed by atoms with E-state index in [-0.39, 0.29) is 22.5 Å². The van der Waals surface area contributed by atoms with Crippen molar-refractivity contribution in [3.8, 4) is 0 Å². The number of carbonyl (C=O) groups is 2. The zero-order valence-electron chi connectivity index (χ0n) is 11.8. The number of nitrogens with one attached hydrogen (secondary N) is 2. The minimum absolute atomic E-state index is 0.0494. The Kier molecular flexibility index (Phi) is 4.86. The van der Waals surface area contributed by atoms with Crippen LogP contribution in [0, 0.1) is 10.1 Å². The first kappa shape index (κ1) is 16.4. The van der Waals surface area contributed by atoms with Crippen molar-refractivity contribution in [2.75, 3.05) is 7.11 Å². The number of methoxy groups -OCH3 is 1. The summed E-state index contributed by atoms with van der Waals surface area (Å²) in [6, 6.07) is 3.28. The van der Waals surface area contributed by atoms with Crippen LogP contribution in [0.5, 0.6) is 0 Å². The number of nitro groups is 1. The highest BCUT2D eigenvalue weighted by Crippen LogP contribution is 2.18. The van der Waals surface area contributed by atoms with Crippen molar-refractivity contribution in [2.24, 2.45) is 0 Å². The first-order valence-electron chi connectivity index (χ1n) is 6.23. The lowest BCUT2D eigenvalue weighted by Gasteiger charge is -2.06. The maximum Gasteiger partial charge on any atom is 0.338 e. The molecule has 1 amide bonds. The van der Waals surface area contributed by atoms with Crippen LogP contribution in [-0.4, -0.2) is 28.9 Å². The van der Waals surface area contributed by atoms with Gasteiger partial charge < -0.3 is 15.0 Å². The van der Waals surface area contributed by atoms with Crippen LogP contribution in [-0.2, 0) is 11.3 Å². The van der Waals surface area contributed by atoms with Gasteiger partial charge >= 0.3 is 10.8 Å². The predicted octanol–water partition coefficient (Wildman–Crippen LogP) is 1.06. The van der Waals surface area contributed by atoms with Gasteiger partial charge in [0.1, 0.15) is 0 Å². The first-order chi connectivity index (χ1) is 10.9. The number of H-pyrrole nitrogens is 1. The van der Waals surface area contributed by atoms with Crippen LogP contribution >= 0.6 is 11.3 Å². The normalized spacial score (nSPS) is 10.1. The van der Waals surface area contributed by atoms with E-state index in [0.717, 1.165) is 30.6 Å². The van der Waals surface area contributed by atoms with Crippen molar-refractivity contribution in [3.05, 3.63) is 60.2 Å². The molecule has 10 heteroatoms. The first-order valence-corrected chi connectivity index (χ1v) is 7.11. The lowest BCUT2D eigenvalue weighted by Crippen LogP contribution is -2.23. The molecule has 1 aromatic carbocycles. The zero-order valence-corrected chi connectivity index (χ0v) is 12.6. The largest absolute Gasteiger partial charge is 0.465 e. The molecule has 0 spiro atoms. The van der Waals surface area contributed by atoms with Gasteiger partial charge in [0, 0.05) is 28.8 Å². The van der Waals surface area contributed by atoms with Gasteiger partial charge in [0.25, 0.3) is 11.6 Å². The average molecular weight is 337 g/mol. The van der Waals surface area contributed by atoms with Crippen LogP contribution in [0.3, 0.4) is 0 Å². The van der Waals surface area contributed by atoms with E-state index in [1.165, 1.54) is 6.07 Å². The average Bonchev–Trinajstić information content (AvgIpc) is 2.96. The third-order valence-electron chi connectivity index (χ3n) is 2.82. The van der Waals surface area contributed by atoms with Gasteiger partial charge in [-0.25, -0.2) is 4.79 Å². The second-order valence-electron chi connectivity index (χ2n) is 4.37. The fourth-order valence-corrected chi connectivity index (χ4v) is 2.34. The smallest absolute Gasteiger partial charge is 0.338 e. The third-order valence-corrected chi connectivity index (χ3v) is 3.54. The van der Waals surface area contributed by atoms with Crippen molar-refractivity contribution in [3.63, 3.8) is 0 Å². The number of carbonyl (C=O) groups excluding carboxylic acids is 2. The highest BCUT2D eigenvalue weighted by molar-refractivity contribution is 7.07. The van der Waals surface area contributed by atoms with E-state index in [4.69, 9.17) is 0 Å². The summed E-state index contributed by atoms with van der Waals surface area (Å²) < 4.78 is 4.51. The molecule has 0 bridgehead atoms. The fraction of sp³-hybridized carbons (Fsp3) is 0.154. The molecule has 0 aliphatic heterocycles. The maximum absolute atomic E-state index is 12.1. The molecular weight excluding hydrogens is 326 g/mol. The van der Waals surface area contributed by atoms with Crippen LogP contribution in [0.2, 0.25) is 0 Å². The molecule has 0 atom stereocenters. The molecule has 2 rings (SSSR count). The van der Waals surface area contributed by atoms with Gasteiger partial charge in [-0.1, -0.05) is 11.3 Å². The summed E-state index contributed by atoms with van der Waals surface area (Å²) in [6.45, 7) is 0.0494. The van der Waals surface area contributed by atoms with E-state index >= 15 is 0 Å². The summed E-state index contributed by atoms with van der Waals surface area (Å²) in [5.74, 6) is -1.41. The standard InChI is InChI=1S/C13H11N3O6S/c1-22-12(18)8-2-7(3-10(4-8)16(20)21)11(17)14-5-9-6-23-13(19)15-9/h2-4,6H,5H2,1H3,(H,14,17)(H,15,19). The van der Waals surface area contributed by atoms with E-state index in [1.54, 1.807) is 5.38 Å². The Hall–Kier alpha value is -3.01. The van der Waals surface area contributed by atoms with Crippen molar-refractivity contribution in [2.45, 2.75) is 6.54 Å². The Bertz CT molecular complexity index is 825. The molecular formula is C13H11N3O6S. The minimum Gasteiger partial charge on any atom is -0.465 e. The van der Waals surface area contributed by atoms with E-state index in [0.29, 0.717) is 5.69 Å². The Balaban J connectivity index is 2.24. The second kappa shape index (κ2) is 6.83. The van der Waals surface area contributed by atoms with E-state index in [9.17, 15) is 24.5 Å².